The molecule has 0 saturated carbocycles. The van der Waals surface area contributed by atoms with Crippen molar-refractivity contribution in [1.29, 1.82) is 0 Å². The van der Waals surface area contributed by atoms with Gasteiger partial charge in [0.2, 0.25) is 0 Å². The molecule has 0 aliphatic carbocycles. The monoisotopic (exact) mass is 327 g/mol. The highest BCUT2D eigenvalue weighted by Crippen LogP contribution is 2.35. The second kappa shape index (κ2) is 5.74. The van der Waals surface area contributed by atoms with Crippen LogP contribution in [0.2, 0.25) is 0 Å². The van der Waals surface area contributed by atoms with Crippen molar-refractivity contribution in [2.75, 3.05) is 7.11 Å². The predicted molar refractivity (Wildman–Crippen MR) is 87.9 cm³/mol. The highest BCUT2D eigenvalue weighted by atomic mass is 17.1. The Kier molecular flexibility index (Phi) is 3.87. The molecule has 0 saturated heterocycles. The van der Waals surface area contributed by atoms with Crippen LogP contribution in [0.4, 0.5) is 0 Å². The molecule has 0 fully saturated rings. The lowest BCUT2D eigenvalue weighted by atomic mass is 9.93. The van der Waals surface area contributed by atoms with Crippen LogP contribution in [0.25, 0.3) is 10.8 Å². The van der Waals surface area contributed by atoms with Crippen molar-refractivity contribution in [2.45, 2.75) is 19.4 Å². The zero-order valence-electron chi connectivity index (χ0n) is 13.6. The molecule has 2 aromatic carbocycles. The second-order valence-corrected chi connectivity index (χ2v) is 6.03. The molecule has 6 nitrogen and oxygen atoms in total. The predicted octanol–water partition coefficient (Wildman–Crippen LogP) is 3.23. The molecule has 0 atom stereocenters. The average molecular weight is 327 g/mol. The molecule has 0 radical (unpaired) electrons. The zero-order chi connectivity index (χ0) is 17.5. The molecule has 6 heteroatoms. The van der Waals surface area contributed by atoms with E-state index in [1.807, 2.05) is 6.07 Å². The molecule has 0 aromatic heterocycles. The third-order valence-electron chi connectivity index (χ3n) is 3.98. The molecule has 1 N–H and O–H groups in total. The number of nitrogens with zero attached hydrogens (tertiary/aromatic N) is 1. The molecule has 2 amide bonds. The number of carbonyl (C=O) groups excluding carboxylic acids is 2. The molecule has 2 aromatic rings. The number of ether oxygens (including phenoxy) is 1. The first-order chi connectivity index (χ1) is 11.4. The Labute approximate surface area is 138 Å². The van der Waals surface area contributed by atoms with Gasteiger partial charge in [0.25, 0.3) is 11.8 Å². The van der Waals surface area contributed by atoms with E-state index < -0.39 is 17.4 Å². The third-order valence-corrected chi connectivity index (χ3v) is 3.98. The Balaban J connectivity index is 2.16. The first-order valence-corrected chi connectivity index (χ1v) is 7.39. The van der Waals surface area contributed by atoms with Gasteiger partial charge in [0.15, 0.2) is 0 Å². The van der Waals surface area contributed by atoms with Crippen LogP contribution in [0.3, 0.4) is 0 Å². The maximum Gasteiger partial charge on any atom is 0.265 e. The minimum atomic E-state index is -1.02. The lowest BCUT2D eigenvalue weighted by Gasteiger charge is -2.26. The maximum atomic E-state index is 12.7. The van der Waals surface area contributed by atoms with Gasteiger partial charge >= 0.3 is 0 Å². The molecule has 1 aliphatic heterocycles. The quantitative estimate of drug-likeness (QED) is 0.530. The number of imide groups is 1. The van der Waals surface area contributed by atoms with Gasteiger partial charge in [0.05, 0.1) is 7.11 Å². The molecule has 3 rings (SSSR count). The number of benzene rings is 2. The average Bonchev–Trinajstić information content (AvgIpc) is 2.59. The highest BCUT2D eigenvalue weighted by Gasteiger charge is 2.32. The first-order valence-electron chi connectivity index (χ1n) is 7.39. The summed E-state index contributed by atoms with van der Waals surface area (Å²) < 4.78 is 5.32. The summed E-state index contributed by atoms with van der Waals surface area (Å²) in [7, 11) is 1.54. The van der Waals surface area contributed by atoms with Gasteiger partial charge in [-0.2, -0.15) is 0 Å². The van der Waals surface area contributed by atoms with Gasteiger partial charge in [-0.1, -0.05) is 12.1 Å². The summed E-state index contributed by atoms with van der Waals surface area (Å²) in [5, 5.41) is 10.2. The van der Waals surface area contributed by atoms with Crippen molar-refractivity contribution >= 4 is 22.6 Å². The zero-order valence-corrected chi connectivity index (χ0v) is 13.6. The van der Waals surface area contributed by atoms with E-state index in [0.717, 1.165) is 10.3 Å². The number of rotatable bonds is 4. The number of hydrogen-bond acceptors (Lipinski definition) is 5. The van der Waals surface area contributed by atoms with Crippen LogP contribution in [0.5, 0.6) is 5.75 Å². The summed E-state index contributed by atoms with van der Waals surface area (Å²) >= 11 is 0. The van der Waals surface area contributed by atoms with Crippen molar-refractivity contribution in [3.8, 4) is 5.75 Å². The molecule has 1 aliphatic rings. The van der Waals surface area contributed by atoms with E-state index in [-0.39, 0.29) is 0 Å². The Bertz CT molecular complexity index is 847. The van der Waals surface area contributed by atoms with E-state index in [0.29, 0.717) is 22.3 Å². The third kappa shape index (κ3) is 2.46. The van der Waals surface area contributed by atoms with Crippen LogP contribution in [-0.2, 0) is 4.89 Å². The first kappa shape index (κ1) is 16.2. The van der Waals surface area contributed by atoms with E-state index in [9.17, 15) is 9.59 Å². The molecule has 0 spiro atoms. The van der Waals surface area contributed by atoms with Gasteiger partial charge < -0.3 is 4.74 Å². The van der Waals surface area contributed by atoms with E-state index in [2.05, 4.69) is 4.89 Å². The molecule has 0 unspecified atom stereocenters. The minimum Gasteiger partial charge on any atom is -0.496 e. The van der Waals surface area contributed by atoms with Crippen molar-refractivity contribution in [1.82, 2.24) is 4.90 Å². The fourth-order valence-corrected chi connectivity index (χ4v) is 2.69. The lowest BCUT2D eigenvalue weighted by Crippen LogP contribution is -2.37. The lowest BCUT2D eigenvalue weighted by molar-refractivity contribution is -0.297. The Morgan fingerprint density at radius 2 is 1.75 bits per heavy atom. The van der Waals surface area contributed by atoms with E-state index in [4.69, 9.17) is 9.99 Å². The van der Waals surface area contributed by atoms with Crippen molar-refractivity contribution < 1.29 is 24.5 Å². The Morgan fingerprint density at radius 3 is 2.38 bits per heavy atom. The van der Waals surface area contributed by atoms with Gasteiger partial charge in [-0.25, -0.2) is 9.79 Å². The fraction of sp³-hybridized carbons (Fsp3) is 0.222. The van der Waals surface area contributed by atoms with Crippen LogP contribution in [0.15, 0.2) is 42.6 Å². The maximum absolute atomic E-state index is 12.7. The van der Waals surface area contributed by atoms with Gasteiger partial charge in [0.1, 0.15) is 11.4 Å². The van der Waals surface area contributed by atoms with Gasteiger partial charge in [-0.05, 0) is 38.1 Å². The smallest absolute Gasteiger partial charge is 0.265 e. The SMILES string of the molecule is COc1ccc2c3c(cccc13)C(=O)N(/C=C/C(C)(C)OO)C2=O. The number of methoxy groups -OCH3 is 1. The van der Waals surface area contributed by atoms with Gasteiger partial charge in [0, 0.05) is 28.1 Å². The van der Waals surface area contributed by atoms with Crippen molar-refractivity contribution in [2.24, 2.45) is 0 Å². The van der Waals surface area contributed by atoms with Crippen LogP contribution in [0, 0.1) is 0 Å². The standard InChI is InChI=1S/C18H17NO5/c1-18(2,24-22)9-10-19-16(20)12-6-4-5-11-14(23-3)8-7-13(15(11)12)17(19)21/h4-10,22H,1-3H3/b10-9+. The van der Waals surface area contributed by atoms with E-state index >= 15 is 0 Å². The summed E-state index contributed by atoms with van der Waals surface area (Å²) in [4.78, 5) is 30.8. The molecule has 0 bridgehead atoms. The van der Waals surface area contributed by atoms with Crippen LogP contribution < -0.4 is 4.74 Å². The Morgan fingerprint density at radius 1 is 1.08 bits per heavy atom. The normalized spacial score (nSPS) is 14.8. The minimum absolute atomic E-state index is 0.424. The summed E-state index contributed by atoms with van der Waals surface area (Å²) in [5.41, 5.74) is -0.172. The molecule has 124 valence electrons. The van der Waals surface area contributed by atoms with E-state index in [1.165, 1.54) is 12.3 Å². The van der Waals surface area contributed by atoms with Gasteiger partial charge in [-0.3, -0.25) is 14.8 Å². The van der Waals surface area contributed by atoms with Crippen molar-refractivity contribution in [3.63, 3.8) is 0 Å². The molecular formula is C18H17NO5. The number of amides is 2. The van der Waals surface area contributed by atoms with Crippen LogP contribution in [0.1, 0.15) is 34.6 Å². The molecule has 1 heterocycles. The van der Waals surface area contributed by atoms with Crippen molar-refractivity contribution in [3.05, 3.63) is 53.7 Å². The molecule has 24 heavy (non-hydrogen) atoms. The number of carbonyl (C=O) groups is 2. The summed E-state index contributed by atoms with van der Waals surface area (Å²) in [6, 6.07) is 8.59. The Hall–Kier alpha value is -2.70. The topological polar surface area (TPSA) is 76.1 Å². The summed E-state index contributed by atoms with van der Waals surface area (Å²) in [6.07, 6.45) is 2.77. The number of hydrogen-bond donors (Lipinski definition) is 1. The highest BCUT2D eigenvalue weighted by molar-refractivity contribution is 6.26. The van der Waals surface area contributed by atoms with Crippen LogP contribution in [-0.4, -0.2) is 34.7 Å². The second-order valence-electron chi connectivity index (χ2n) is 6.03. The largest absolute Gasteiger partial charge is 0.496 e. The van der Waals surface area contributed by atoms with Crippen LogP contribution >= 0.6 is 0 Å². The fourth-order valence-electron chi connectivity index (χ4n) is 2.69. The summed E-state index contributed by atoms with van der Waals surface area (Å²) in [6.45, 7) is 3.20. The summed E-state index contributed by atoms with van der Waals surface area (Å²) in [5.74, 6) is -0.261. The van der Waals surface area contributed by atoms with Gasteiger partial charge in [-0.15, -0.1) is 0 Å². The molecular weight excluding hydrogens is 310 g/mol. The van der Waals surface area contributed by atoms with E-state index in [1.54, 1.807) is 45.2 Å².